The van der Waals surface area contributed by atoms with Crippen molar-refractivity contribution >= 4 is 28.3 Å². The van der Waals surface area contributed by atoms with Crippen LogP contribution in [-0.2, 0) is 18.3 Å². The number of hydrogen-bond acceptors (Lipinski definition) is 7. The van der Waals surface area contributed by atoms with Gasteiger partial charge in [-0.1, -0.05) is 6.58 Å². The molecule has 0 spiro atoms. The van der Waals surface area contributed by atoms with Gasteiger partial charge in [-0.25, -0.2) is 8.78 Å². The van der Waals surface area contributed by atoms with Crippen molar-refractivity contribution in [1.82, 2.24) is 14.8 Å². The SMILES string of the molecule is C=CC(=O)Nc1cn(C)nc1Cc1cc2cc(C(=O)c3c(F)c(OC)cc(OC)c3F)oc2cn1. The summed E-state index contributed by atoms with van der Waals surface area (Å²) >= 11 is 0. The lowest BCUT2D eigenvalue weighted by atomic mass is 10.1. The minimum atomic E-state index is -1.17. The highest BCUT2D eigenvalue weighted by molar-refractivity contribution is 6.09. The van der Waals surface area contributed by atoms with Gasteiger partial charge >= 0.3 is 0 Å². The second-order valence-electron chi connectivity index (χ2n) is 7.47. The fourth-order valence-corrected chi connectivity index (χ4v) is 3.53. The molecule has 35 heavy (non-hydrogen) atoms. The van der Waals surface area contributed by atoms with Gasteiger partial charge in [0, 0.05) is 36.8 Å². The van der Waals surface area contributed by atoms with Crippen LogP contribution in [0.4, 0.5) is 14.5 Å². The predicted molar refractivity (Wildman–Crippen MR) is 122 cm³/mol. The van der Waals surface area contributed by atoms with E-state index in [0.717, 1.165) is 12.1 Å². The Morgan fingerprint density at radius 2 is 1.86 bits per heavy atom. The fraction of sp³-hybridized carbons (Fsp3) is 0.167. The Kier molecular flexibility index (Phi) is 6.32. The number of ketones is 1. The van der Waals surface area contributed by atoms with E-state index in [0.29, 0.717) is 22.5 Å². The zero-order valence-electron chi connectivity index (χ0n) is 19.0. The van der Waals surface area contributed by atoms with E-state index in [-0.39, 0.29) is 35.2 Å². The number of methoxy groups -OCH3 is 2. The van der Waals surface area contributed by atoms with Gasteiger partial charge in [0.15, 0.2) is 34.5 Å². The third-order valence-electron chi connectivity index (χ3n) is 5.18. The number of aryl methyl sites for hydroxylation is 1. The van der Waals surface area contributed by atoms with Gasteiger partial charge in [-0.2, -0.15) is 5.10 Å². The summed E-state index contributed by atoms with van der Waals surface area (Å²) in [4.78, 5) is 29.0. The van der Waals surface area contributed by atoms with Crippen LogP contribution >= 0.6 is 0 Å². The van der Waals surface area contributed by atoms with E-state index in [9.17, 15) is 18.4 Å². The van der Waals surface area contributed by atoms with Crippen LogP contribution in [0.25, 0.3) is 11.0 Å². The Morgan fingerprint density at radius 1 is 1.17 bits per heavy atom. The fourth-order valence-electron chi connectivity index (χ4n) is 3.53. The molecule has 0 fully saturated rings. The molecular formula is C24H20F2N4O5. The molecule has 1 aromatic carbocycles. The van der Waals surface area contributed by atoms with Crippen LogP contribution in [0.2, 0.25) is 0 Å². The lowest BCUT2D eigenvalue weighted by Gasteiger charge is -2.10. The van der Waals surface area contributed by atoms with Gasteiger partial charge in [0.05, 0.1) is 31.8 Å². The lowest BCUT2D eigenvalue weighted by molar-refractivity contribution is -0.111. The van der Waals surface area contributed by atoms with E-state index in [1.54, 1.807) is 24.0 Å². The van der Waals surface area contributed by atoms with Crippen molar-refractivity contribution in [1.29, 1.82) is 0 Å². The third kappa shape index (κ3) is 4.47. The van der Waals surface area contributed by atoms with Crippen molar-refractivity contribution in [3.05, 3.63) is 77.6 Å². The maximum Gasteiger partial charge on any atom is 0.247 e. The van der Waals surface area contributed by atoms with E-state index in [1.165, 1.54) is 26.5 Å². The summed E-state index contributed by atoms with van der Waals surface area (Å²) in [6.45, 7) is 3.43. The molecule has 180 valence electrons. The van der Waals surface area contributed by atoms with Gasteiger partial charge in [0.2, 0.25) is 11.7 Å². The molecule has 0 saturated carbocycles. The predicted octanol–water partition coefficient (Wildman–Crippen LogP) is 3.80. The van der Waals surface area contributed by atoms with Crippen LogP contribution in [0.3, 0.4) is 0 Å². The summed E-state index contributed by atoms with van der Waals surface area (Å²) in [5.41, 5.74) is 1.01. The van der Waals surface area contributed by atoms with Crippen LogP contribution in [0.15, 0.2) is 47.7 Å². The first kappa shape index (κ1) is 23.6. The Balaban J connectivity index is 1.68. The molecule has 3 aromatic heterocycles. The Bertz CT molecular complexity index is 1450. The Morgan fingerprint density at radius 3 is 2.49 bits per heavy atom. The summed E-state index contributed by atoms with van der Waals surface area (Å²) in [6.07, 6.45) is 4.45. The van der Waals surface area contributed by atoms with Gasteiger partial charge < -0.3 is 19.2 Å². The molecular weight excluding hydrogens is 462 g/mol. The minimum Gasteiger partial charge on any atom is -0.494 e. The van der Waals surface area contributed by atoms with Crippen LogP contribution in [-0.4, -0.2) is 40.7 Å². The van der Waals surface area contributed by atoms with Crippen LogP contribution in [0.5, 0.6) is 11.5 Å². The van der Waals surface area contributed by atoms with Crippen LogP contribution in [0.1, 0.15) is 27.5 Å². The number of benzene rings is 1. The number of amides is 1. The number of halogens is 2. The quantitative estimate of drug-likeness (QED) is 0.301. The third-order valence-corrected chi connectivity index (χ3v) is 5.18. The molecule has 0 bridgehead atoms. The van der Waals surface area contributed by atoms with E-state index < -0.39 is 23.0 Å². The number of pyridine rings is 1. The average molecular weight is 482 g/mol. The molecule has 4 aromatic rings. The maximum atomic E-state index is 14.8. The number of nitrogens with one attached hydrogen (secondary N) is 1. The zero-order chi connectivity index (χ0) is 25.3. The first-order chi connectivity index (χ1) is 16.7. The smallest absolute Gasteiger partial charge is 0.247 e. The molecule has 0 atom stereocenters. The largest absolute Gasteiger partial charge is 0.494 e. The van der Waals surface area contributed by atoms with Gasteiger partial charge in [0.1, 0.15) is 5.56 Å². The van der Waals surface area contributed by atoms with E-state index in [4.69, 9.17) is 13.9 Å². The Hall–Kier alpha value is -4.54. The molecule has 0 saturated heterocycles. The summed E-state index contributed by atoms with van der Waals surface area (Å²) in [7, 11) is 4.09. The van der Waals surface area contributed by atoms with Gasteiger partial charge in [-0.3, -0.25) is 19.3 Å². The number of carbonyl (C=O) groups is 2. The summed E-state index contributed by atoms with van der Waals surface area (Å²) in [5.74, 6) is -4.71. The van der Waals surface area contributed by atoms with Gasteiger partial charge in [-0.05, 0) is 18.2 Å². The number of hydrogen-bond donors (Lipinski definition) is 1. The topological polar surface area (TPSA) is 108 Å². The standard InChI is InChI=1S/C24H20F2N4O5/c1-5-20(31)28-15-11-30(2)29-14(15)8-13-6-12-7-18(35-19(12)10-27-13)24(32)21-22(25)16(33-3)9-17(34-4)23(21)26/h5-7,9-11H,1,8H2,2-4H3,(H,28,31). The number of ether oxygens (including phenoxy) is 2. The molecule has 9 nitrogen and oxygen atoms in total. The summed E-state index contributed by atoms with van der Waals surface area (Å²) in [6, 6.07) is 4.04. The number of anilines is 1. The van der Waals surface area contributed by atoms with Crippen molar-refractivity contribution < 1.29 is 32.3 Å². The van der Waals surface area contributed by atoms with E-state index in [2.05, 4.69) is 22.0 Å². The molecule has 0 aliphatic carbocycles. The number of nitrogens with zero attached hydrogens (tertiary/aromatic N) is 3. The van der Waals surface area contributed by atoms with E-state index >= 15 is 0 Å². The first-order valence-electron chi connectivity index (χ1n) is 10.2. The maximum absolute atomic E-state index is 14.8. The van der Waals surface area contributed by atoms with Crippen molar-refractivity contribution in [2.75, 3.05) is 19.5 Å². The van der Waals surface area contributed by atoms with Crippen LogP contribution in [0, 0.1) is 11.6 Å². The second-order valence-corrected chi connectivity index (χ2v) is 7.47. The lowest BCUT2D eigenvalue weighted by Crippen LogP contribution is -2.09. The number of carbonyl (C=O) groups excluding carboxylic acids is 2. The average Bonchev–Trinajstić information content (AvgIpc) is 3.41. The molecule has 4 rings (SSSR count). The molecule has 0 unspecified atom stereocenters. The normalized spacial score (nSPS) is 10.9. The molecule has 0 aliphatic rings. The van der Waals surface area contributed by atoms with Crippen molar-refractivity contribution in [2.45, 2.75) is 6.42 Å². The minimum absolute atomic E-state index is 0.244. The van der Waals surface area contributed by atoms with Crippen molar-refractivity contribution in [3.8, 4) is 11.5 Å². The number of fused-ring (bicyclic) bond motifs is 1. The van der Waals surface area contributed by atoms with Gasteiger partial charge in [-0.15, -0.1) is 0 Å². The number of furan rings is 1. The Labute approximate surface area is 198 Å². The molecule has 1 amide bonds. The highest BCUT2D eigenvalue weighted by atomic mass is 19.1. The molecule has 3 heterocycles. The molecule has 1 N–H and O–H groups in total. The summed E-state index contributed by atoms with van der Waals surface area (Å²) < 4.78 is 46.4. The molecule has 0 aliphatic heterocycles. The second kappa shape index (κ2) is 9.37. The molecule has 11 heteroatoms. The zero-order valence-corrected chi connectivity index (χ0v) is 19.0. The van der Waals surface area contributed by atoms with Gasteiger partial charge in [0.25, 0.3) is 0 Å². The highest BCUT2D eigenvalue weighted by Gasteiger charge is 2.28. The molecule has 0 radical (unpaired) electrons. The van der Waals surface area contributed by atoms with E-state index in [1.807, 2.05) is 0 Å². The monoisotopic (exact) mass is 482 g/mol. The van der Waals surface area contributed by atoms with Crippen LogP contribution < -0.4 is 14.8 Å². The first-order valence-corrected chi connectivity index (χ1v) is 10.2. The highest BCUT2D eigenvalue weighted by Crippen LogP contribution is 2.33. The number of rotatable bonds is 8. The summed E-state index contributed by atoms with van der Waals surface area (Å²) in [5, 5.41) is 7.51. The van der Waals surface area contributed by atoms with Crippen molar-refractivity contribution in [2.24, 2.45) is 7.05 Å². The van der Waals surface area contributed by atoms with Crippen molar-refractivity contribution in [3.63, 3.8) is 0 Å². The number of aromatic nitrogens is 3.